The molecule has 1 aliphatic heterocycles. The fourth-order valence-corrected chi connectivity index (χ4v) is 3.31. The first-order chi connectivity index (χ1) is 8.75. The van der Waals surface area contributed by atoms with Gasteiger partial charge in [-0.05, 0) is 30.5 Å². The number of thiazole rings is 1. The van der Waals surface area contributed by atoms with Gasteiger partial charge < -0.3 is 5.73 Å². The van der Waals surface area contributed by atoms with Crippen LogP contribution in [0.1, 0.15) is 29.0 Å². The van der Waals surface area contributed by atoms with Crippen molar-refractivity contribution in [2.24, 2.45) is 0 Å². The van der Waals surface area contributed by atoms with Gasteiger partial charge in [0.15, 0.2) is 0 Å². The fourth-order valence-electron chi connectivity index (χ4n) is 2.60. The summed E-state index contributed by atoms with van der Waals surface area (Å²) >= 11 is 1.73. The van der Waals surface area contributed by atoms with Gasteiger partial charge in [0.25, 0.3) is 0 Å². The normalized spacial score (nSPS) is 17.4. The highest BCUT2D eigenvalue weighted by Crippen LogP contribution is 2.30. The van der Waals surface area contributed by atoms with Crippen molar-refractivity contribution in [1.82, 2.24) is 9.88 Å². The zero-order chi connectivity index (χ0) is 12.5. The third-order valence-electron chi connectivity index (χ3n) is 3.74. The van der Waals surface area contributed by atoms with Crippen LogP contribution in [0.15, 0.2) is 29.9 Å². The average molecular weight is 259 g/mol. The third-order valence-corrected chi connectivity index (χ3v) is 4.69. The SMILES string of the molecule is CC(c1cncs1)N1CCc2c(N)cccc2C1. The summed E-state index contributed by atoms with van der Waals surface area (Å²) in [6.45, 7) is 4.31. The molecule has 1 unspecified atom stereocenters. The van der Waals surface area contributed by atoms with Crippen molar-refractivity contribution < 1.29 is 0 Å². The van der Waals surface area contributed by atoms with E-state index < -0.39 is 0 Å². The Labute approximate surface area is 111 Å². The Kier molecular flexibility index (Phi) is 3.06. The van der Waals surface area contributed by atoms with E-state index in [2.05, 4.69) is 28.9 Å². The zero-order valence-corrected chi connectivity index (χ0v) is 11.3. The van der Waals surface area contributed by atoms with E-state index in [0.29, 0.717) is 6.04 Å². The van der Waals surface area contributed by atoms with E-state index in [1.807, 2.05) is 17.8 Å². The van der Waals surface area contributed by atoms with Gasteiger partial charge in [-0.1, -0.05) is 12.1 Å². The molecule has 1 aliphatic rings. The topological polar surface area (TPSA) is 42.2 Å². The van der Waals surface area contributed by atoms with E-state index in [-0.39, 0.29) is 0 Å². The predicted molar refractivity (Wildman–Crippen MR) is 75.5 cm³/mol. The number of nitrogen functional groups attached to an aromatic ring is 1. The van der Waals surface area contributed by atoms with Gasteiger partial charge in [0.05, 0.1) is 5.51 Å². The Morgan fingerprint density at radius 3 is 3.11 bits per heavy atom. The molecule has 0 aliphatic carbocycles. The number of nitrogens with two attached hydrogens (primary N) is 1. The zero-order valence-electron chi connectivity index (χ0n) is 10.5. The summed E-state index contributed by atoms with van der Waals surface area (Å²) in [6.07, 6.45) is 3.02. The summed E-state index contributed by atoms with van der Waals surface area (Å²) in [5.74, 6) is 0. The number of benzene rings is 1. The number of fused-ring (bicyclic) bond motifs is 1. The van der Waals surface area contributed by atoms with Gasteiger partial charge in [0.2, 0.25) is 0 Å². The van der Waals surface area contributed by atoms with Gasteiger partial charge in [-0.3, -0.25) is 9.88 Å². The van der Waals surface area contributed by atoms with E-state index in [1.165, 1.54) is 16.0 Å². The first kappa shape index (κ1) is 11.7. The lowest BCUT2D eigenvalue weighted by molar-refractivity contribution is 0.195. The number of anilines is 1. The molecule has 3 nitrogen and oxygen atoms in total. The van der Waals surface area contributed by atoms with Crippen molar-refractivity contribution in [3.8, 4) is 0 Å². The van der Waals surface area contributed by atoms with E-state index in [9.17, 15) is 0 Å². The molecule has 0 spiro atoms. The molecule has 3 rings (SSSR count). The molecule has 1 aromatic heterocycles. The molecule has 1 atom stereocenters. The molecule has 0 saturated heterocycles. The lowest BCUT2D eigenvalue weighted by atomic mass is 9.97. The highest BCUT2D eigenvalue weighted by atomic mass is 32.1. The summed E-state index contributed by atoms with van der Waals surface area (Å²) in [5.41, 5.74) is 11.6. The Balaban J connectivity index is 1.83. The quantitative estimate of drug-likeness (QED) is 0.843. The summed E-state index contributed by atoms with van der Waals surface area (Å²) in [7, 11) is 0. The molecule has 0 fully saturated rings. The van der Waals surface area contributed by atoms with Gasteiger partial charge in [-0.2, -0.15) is 0 Å². The number of nitrogens with zero attached hydrogens (tertiary/aromatic N) is 2. The molecular weight excluding hydrogens is 242 g/mol. The van der Waals surface area contributed by atoms with E-state index in [0.717, 1.165) is 25.2 Å². The lowest BCUT2D eigenvalue weighted by Gasteiger charge is -2.33. The Bertz CT molecular complexity index is 536. The van der Waals surface area contributed by atoms with Crippen LogP contribution in [0.3, 0.4) is 0 Å². The van der Waals surface area contributed by atoms with Gasteiger partial charge in [0.1, 0.15) is 0 Å². The number of aromatic nitrogens is 1. The van der Waals surface area contributed by atoms with Crippen molar-refractivity contribution in [3.63, 3.8) is 0 Å². The minimum Gasteiger partial charge on any atom is -0.398 e. The standard InChI is InChI=1S/C14H17N3S/c1-10(14-7-16-9-18-14)17-6-5-12-11(8-17)3-2-4-13(12)15/h2-4,7,9-10H,5-6,8,15H2,1H3. The van der Waals surface area contributed by atoms with Crippen molar-refractivity contribution in [1.29, 1.82) is 0 Å². The molecule has 0 saturated carbocycles. The summed E-state index contributed by atoms with van der Waals surface area (Å²) in [5, 5.41) is 0. The molecule has 4 heteroatoms. The summed E-state index contributed by atoms with van der Waals surface area (Å²) < 4.78 is 0. The average Bonchev–Trinajstić information content (AvgIpc) is 2.91. The molecule has 1 aromatic carbocycles. The fraction of sp³-hybridized carbons (Fsp3) is 0.357. The van der Waals surface area contributed by atoms with Crippen molar-refractivity contribution in [2.45, 2.75) is 25.9 Å². The van der Waals surface area contributed by atoms with Gasteiger partial charge in [0, 0.05) is 35.9 Å². The van der Waals surface area contributed by atoms with Gasteiger partial charge in [-0.15, -0.1) is 11.3 Å². The predicted octanol–water partition coefficient (Wildman–Crippen LogP) is 2.84. The highest BCUT2D eigenvalue weighted by Gasteiger charge is 2.23. The van der Waals surface area contributed by atoms with Crippen LogP contribution < -0.4 is 5.73 Å². The molecule has 94 valence electrons. The number of hydrogen-bond donors (Lipinski definition) is 1. The van der Waals surface area contributed by atoms with Crippen LogP contribution in [0.2, 0.25) is 0 Å². The van der Waals surface area contributed by atoms with Gasteiger partial charge >= 0.3 is 0 Å². The minimum absolute atomic E-state index is 0.437. The summed E-state index contributed by atoms with van der Waals surface area (Å²) in [4.78, 5) is 8.00. The molecule has 18 heavy (non-hydrogen) atoms. The smallest absolute Gasteiger partial charge is 0.0794 e. The van der Waals surface area contributed by atoms with Crippen molar-refractivity contribution >= 4 is 17.0 Å². The molecule has 2 heterocycles. The van der Waals surface area contributed by atoms with Crippen molar-refractivity contribution in [3.05, 3.63) is 45.9 Å². The largest absolute Gasteiger partial charge is 0.398 e. The van der Waals surface area contributed by atoms with Crippen molar-refractivity contribution in [2.75, 3.05) is 12.3 Å². The molecule has 0 amide bonds. The van der Waals surface area contributed by atoms with Crippen LogP contribution >= 0.6 is 11.3 Å². The maximum atomic E-state index is 6.03. The number of rotatable bonds is 2. The van der Waals surface area contributed by atoms with Crippen LogP contribution in [0, 0.1) is 0 Å². The Morgan fingerprint density at radius 2 is 2.33 bits per heavy atom. The molecular formula is C14H17N3S. The monoisotopic (exact) mass is 259 g/mol. The second kappa shape index (κ2) is 4.71. The maximum Gasteiger partial charge on any atom is 0.0794 e. The third kappa shape index (κ3) is 2.02. The van der Waals surface area contributed by atoms with E-state index in [4.69, 9.17) is 5.73 Å². The van der Waals surface area contributed by atoms with E-state index in [1.54, 1.807) is 11.3 Å². The van der Waals surface area contributed by atoms with Gasteiger partial charge in [-0.25, -0.2) is 0 Å². The number of hydrogen-bond acceptors (Lipinski definition) is 4. The molecule has 2 N–H and O–H groups in total. The Hall–Kier alpha value is -1.39. The van der Waals surface area contributed by atoms with E-state index >= 15 is 0 Å². The molecule has 0 bridgehead atoms. The Morgan fingerprint density at radius 1 is 1.44 bits per heavy atom. The van der Waals surface area contributed by atoms with Crippen LogP contribution in [0.5, 0.6) is 0 Å². The van der Waals surface area contributed by atoms with Crippen LogP contribution in [-0.2, 0) is 13.0 Å². The van der Waals surface area contributed by atoms with Crippen LogP contribution in [0.4, 0.5) is 5.69 Å². The molecule has 0 radical (unpaired) electrons. The maximum absolute atomic E-state index is 6.03. The highest BCUT2D eigenvalue weighted by molar-refractivity contribution is 7.09. The van der Waals surface area contributed by atoms with Crippen LogP contribution in [-0.4, -0.2) is 16.4 Å². The lowest BCUT2D eigenvalue weighted by Crippen LogP contribution is -2.32. The minimum atomic E-state index is 0.437. The second-order valence-corrected chi connectivity index (χ2v) is 5.70. The second-order valence-electron chi connectivity index (χ2n) is 4.79. The first-order valence-electron chi connectivity index (χ1n) is 6.24. The molecule has 2 aromatic rings. The first-order valence-corrected chi connectivity index (χ1v) is 7.12. The van der Waals surface area contributed by atoms with Crippen LogP contribution in [0.25, 0.3) is 0 Å². The summed E-state index contributed by atoms with van der Waals surface area (Å²) in [6, 6.07) is 6.68.